The highest BCUT2D eigenvalue weighted by Gasteiger charge is 2.47. The Morgan fingerprint density at radius 2 is 1.05 bits per heavy atom. The van der Waals surface area contributed by atoms with Crippen molar-refractivity contribution in [3.05, 3.63) is 270 Å². The Morgan fingerprint density at radius 3 is 1.83 bits per heavy atom. The van der Waals surface area contributed by atoms with Crippen LogP contribution in [0.2, 0.25) is 0 Å². The van der Waals surface area contributed by atoms with Crippen LogP contribution in [-0.2, 0) is 10.8 Å². The molecule has 0 radical (unpaired) electrons. The van der Waals surface area contributed by atoms with E-state index >= 15 is 0 Å². The van der Waals surface area contributed by atoms with E-state index in [4.69, 9.17) is 17.8 Å². The van der Waals surface area contributed by atoms with Crippen molar-refractivity contribution in [3.63, 3.8) is 0 Å². The highest BCUT2D eigenvalue weighted by atomic mass is 15.1. The molecule has 0 aromatic heterocycles. The lowest BCUT2D eigenvalue weighted by molar-refractivity contribution is 0.660. The molecular formula is C62H45N. The standard InChI is InChI=1S/C62H45N/c1-61(2)55-30-16-14-27-51(55)52-40-38-48(41-58(52)61)63(46-24-10-5-11-25-46)47-36-33-43(34-37-47)50-39-35-42-19-12-13-26-49(42)59(50)54-29-18-32-57-60(54)53-28-15-17-31-56(53)62(57,44-20-6-3-7-21-44)45-22-8-4-9-23-45/h3-41H,1-2H3/i1D3,2D3,5D,10D,11D,14D,16D,24D,25D,27D,30D,38D,40D,41D. The SMILES string of the molecule is [2H]c1c([2H])c([2H])c(N(c2ccc(-c3ccc4ccccc4c3-c3cccc4c3-c3ccccc3C4(c3ccccc3)c3ccccc3)cc2)c2c([2H])c([2H])c3c(c2[2H])C(C([2H])([2H])[2H])(C([2H])([2H])[2H])c2c([2H])c([2H])c([2H])c([2H])c2-3)c([2H])c1[2H]. The van der Waals surface area contributed by atoms with E-state index in [1.165, 1.54) is 12.1 Å². The molecule has 0 spiro atoms. The maximum Gasteiger partial charge on any atom is 0.0713 e. The van der Waals surface area contributed by atoms with Crippen molar-refractivity contribution in [1.29, 1.82) is 0 Å². The summed E-state index contributed by atoms with van der Waals surface area (Å²) in [5.41, 5.74) is 0.954. The zero-order valence-electron chi connectivity index (χ0n) is 51.5. The minimum Gasteiger partial charge on any atom is -0.310 e. The number of nitrogens with zero attached hydrogens (tertiary/aromatic N) is 1. The summed E-state index contributed by atoms with van der Waals surface area (Å²) in [6.45, 7) is -7.43. The summed E-state index contributed by atoms with van der Waals surface area (Å²) in [6.07, 6.45) is 0. The molecule has 10 aromatic carbocycles. The minimum atomic E-state index is -3.72. The van der Waals surface area contributed by atoms with Gasteiger partial charge in [-0.15, -0.1) is 0 Å². The molecule has 0 atom stereocenters. The number of anilines is 3. The summed E-state index contributed by atoms with van der Waals surface area (Å²) < 4.78 is 163. The molecule has 2 aliphatic carbocycles. The van der Waals surface area contributed by atoms with Gasteiger partial charge in [0.1, 0.15) is 0 Å². The van der Waals surface area contributed by atoms with Gasteiger partial charge in [0.05, 0.1) is 21.9 Å². The van der Waals surface area contributed by atoms with Crippen LogP contribution in [0, 0.1) is 0 Å². The van der Waals surface area contributed by atoms with Gasteiger partial charge in [-0.1, -0.05) is 214 Å². The number of fused-ring (bicyclic) bond motifs is 7. The first kappa shape index (κ1) is 22.9. The van der Waals surface area contributed by atoms with Crippen LogP contribution in [0.25, 0.3) is 55.3 Å². The molecular weight excluding hydrogens is 759 g/mol. The molecule has 0 saturated heterocycles. The van der Waals surface area contributed by atoms with Crippen molar-refractivity contribution in [2.75, 3.05) is 4.90 Å². The van der Waals surface area contributed by atoms with Crippen LogP contribution in [0.1, 0.15) is 71.8 Å². The molecule has 0 unspecified atom stereocenters. The summed E-state index contributed by atoms with van der Waals surface area (Å²) in [6, 6.07) is 43.6. The molecule has 298 valence electrons. The fourth-order valence-electron chi connectivity index (χ4n) is 9.90. The highest BCUT2D eigenvalue weighted by Crippen LogP contribution is 2.59. The first-order valence-corrected chi connectivity index (χ1v) is 20.6. The van der Waals surface area contributed by atoms with Crippen LogP contribution in [-0.4, -0.2) is 0 Å². The fourth-order valence-corrected chi connectivity index (χ4v) is 9.90. The lowest BCUT2D eigenvalue weighted by Gasteiger charge is -2.34. The second-order valence-electron chi connectivity index (χ2n) is 15.8. The van der Waals surface area contributed by atoms with Crippen molar-refractivity contribution < 1.29 is 24.7 Å². The third-order valence-corrected chi connectivity index (χ3v) is 12.5. The van der Waals surface area contributed by atoms with Gasteiger partial charge < -0.3 is 4.90 Å². The lowest BCUT2D eigenvalue weighted by Crippen LogP contribution is -2.28. The molecule has 10 aromatic rings. The van der Waals surface area contributed by atoms with E-state index in [2.05, 4.69) is 66.7 Å². The maximum atomic E-state index is 10.0. The summed E-state index contributed by atoms with van der Waals surface area (Å²) in [5, 5.41) is 1.88. The minimum absolute atomic E-state index is 0.0425. The summed E-state index contributed by atoms with van der Waals surface area (Å²) in [4.78, 5) is 0.962. The van der Waals surface area contributed by atoms with Crippen LogP contribution in [0.3, 0.4) is 0 Å². The molecule has 12 rings (SSSR count). The normalized spacial score (nSPS) is 18.3. The van der Waals surface area contributed by atoms with Crippen LogP contribution < -0.4 is 4.90 Å². The summed E-state index contributed by atoms with van der Waals surface area (Å²) in [7, 11) is 0. The third-order valence-electron chi connectivity index (χ3n) is 12.5. The Balaban J connectivity index is 1.13. The Morgan fingerprint density at radius 1 is 0.397 bits per heavy atom. The molecule has 0 bridgehead atoms. The van der Waals surface area contributed by atoms with Crippen LogP contribution in [0.4, 0.5) is 17.1 Å². The van der Waals surface area contributed by atoms with E-state index in [1.54, 1.807) is 12.1 Å². The summed E-state index contributed by atoms with van der Waals surface area (Å²) >= 11 is 0. The first-order valence-electron chi connectivity index (χ1n) is 29.6. The average Bonchev–Trinajstić information content (AvgIpc) is 2.10. The molecule has 0 saturated carbocycles. The molecule has 0 N–H and O–H groups in total. The van der Waals surface area contributed by atoms with E-state index in [9.17, 15) is 6.85 Å². The van der Waals surface area contributed by atoms with Crippen molar-refractivity contribution in [3.8, 4) is 44.5 Å². The molecule has 1 nitrogen and oxygen atoms in total. The smallest absolute Gasteiger partial charge is 0.0713 e. The van der Waals surface area contributed by atoms with Gasteiger partial charge in [0.2, 0.25) is 0 Å². The second-order valence-corrected chi connectivity index (χ2v) is 15.8. The highest BCUT2D eigenvalue weighted by molar-refractivity contribution is 6.09. The number of rotatable bonds is 7. The second kappa shape index (κ2) is 14.4. The van der Waals surface area contributed by atoms with Gasteiger partial charge in [-0.05, 0) is 125 Å². The molecule has 1 heteroatoms. The van der Waals surface area contributed by atoms with E-state index in [-0.39, 0.29) is 5.69 Å². The molecule has 0 fully saturated rings. The van der Waals surface area contributed by atoms with Gasteiger partial charge in [-0.2, -0.15) is 0 Å². The van der Waals surface area contributed by atoms with E-state index in [0.717, 1.165) is 65.7 Å². The van der Waals surface area contributed by atoms with Crippen LogP contribution in [0.15, 0.2) is 236 Å². The van der Waals surface area contributed by atoms with Gasteiger partial charge in [0.15, 0.2) is 0 Å². The average molecular weight is 822 g/mol. The van der Waals surface area contributed by atoms with Crippen molar-refractivity contribution in [1.82, 2.24) is 0 Å². The fraction of sp³-hybridized carbons (Fsp3) is 0.0645. The Labute approximate surface area is 395 Å². The largest absolute Gasteiger partial charge is 0.310 e. The van der Waals surface area contributed by atoms with E-state index < -0.39 is 131 Å². The van der Waals surface area contributed by atoms with Gasteiger partial charge in [-0.25, -0.2) is 0 Å². The van der Waals surface area contributed by atoms with Gasteiger partial charge in [-0.3, -0.25) is 0 Å². The Hall–Kier alpha value is -7.74. The van der Waals surface area contributed by atoms with E-state index in [1.807, 2.05) is 72.8 Å². The number of para-hydroxylation sites is 1. The third kappa shape index (κ3) is 5.56. The van der Waals surface area contributed by atoms with Gasteiger partial charge in [0.25, 0.3) is 0 Å². The predicted molar refractivity (Wildman–Crippen MR) is 264 cm³/mol. The molecule has 63 heavy (non-hydrogen) atoms. The van der Waals surface area contributed by atoms with Crippen molar-refractivity contribution >= 4 is 27.8 Å². The molecule has 0 aliphatic heterocycles. The zero-order valence-corrected chi connectivity index (χ0v) is 33.5. The first-order chi connectivity index (χ1) is 38.5. The van der Waals surface area contributed by atoms with Crippen LogP contribution in [0.5, 0.6) is 0 Å². The summed E-state index contributed by atoms with van der Waals surface area (Å²) in [5.74, 6) is 0. The van der Waals surface area contributed by atoms with Crippen molar-refractivity contribution in [2.24, 2.45) is 0 Å². The Kier molecular flexibility index (Phi) is 5.25. The lowest BCUT2D eigenvalue weighted by atomic mass is 9.67. The molecule has 2 aliphatic rings. The molecule has 0 heterocycles. The zero-order chi connectivity index (χ0) is 57.6. The number of hydrogen-bond donors (Lipinski definition) is 0. The van der Waals surface area contributed by atoms with E-state index in [0.29, 0.717) is 5.56 Å². The quantitative estimate of drug-likeness (QED) is 0.155. The Bertz CT molecular complexity index is 4200. The van der Waals surface area contributed by atoms with Crippen LogP contribution >= 0.6 is 0 Å². The molecule has 0 amide bonds. The van der Waals surface area contributed by atoms with Gasteiger partial charge >= 0.3 is 0 Å². The number of benzene rings is 10. The predicted octanol–water partition coefficient (Wildman–Crippen LogP) is 16.3. The van der Waals surface area contributed by atoms with Crippen molar-refractivity contribution in [2.45, 2.75) is 24.5 Å². The maximum absolute atomic E-state index is 10.0. The number of hydrogen-bond acceptors (Lipinski definition) is 1. The monoisotopic (exact) mass is 821 g/mol. The van der Waals surface area contributed by atoms with Gasteiger partial charge in [0, 0.05) is 30.7 Å². The topological polar surface area (TPSA) is 3.24 Å².